The van der Waals surface area contributed by atoms with Gasteiger partial charge < -0.3 is 9.04 Å². The molecule has 0 aromatic rings. The van der Waals surface area contributed by atoms with Crippen molar-refractivity contribution in [2.24, 2.45) is 0 Å². The second kappa shape index (κ2) is 21.8. The Hall–Kier alpha value is -0.430. The molecule has 0 aliphatic carbocycles. The van der Waals surface area contributed by atoms with Gasteiger partial charge in [0.1, 0.15) is 0 Å². The smallest absolute Gasteiger partial charge is 0.217 e. The summed E-state index contributed by atoms with van der Waals surface area (Å²) in [6.45, 7) is 7.05. The summed E-state index contributed by atoms with van der Waals surface area (Å²) >= 11 is 0. The first-order chi connectivity index (χ1) is 14.2. The van der Waals surface area contributed by atoms with Crippen molar-refractivity contribution >= 4 is 10.4 Å². The fraction of sp³-hybridized carbons (Fsp3) is 0.917. The van der Waals surface area contributed by atoms with Crippen molar-refractivity contribution in [1.82, 2.24) is 0 Å². The minimum atomic E-state index is -4.42. The van der Waals surface area contributed by atoms with E-state index in [1.54, 1.807) is 0 Å². The Morgan fingerprint density at radius 2 is 1.13 bits per heavy atom. The van der Waals surface area contributed by atoms with Crippen LogP contribution in [0.1, 0.15) is 117 Å². The number of quaternary nitrogens is 1. The number of hydrogen-bond acceptors (Lipinski definition) is 4. The molecular weight excluding hydrogens is 398 g/mol. The van der Waals surface area contributed by atoms with Gasteiger partial charge >= 0.3 is 0 Å². The maximum atomic E-state index is 9.45. The van der Waals surface area contributed by atoms with Gasteiger partial charge in [-0.15, -0.1) is 0 Å². The van der Waals surface area contributed by atoms with Crippen LogP contribution in [-0.4, -0.2) is 44.7 Å². The Kier molecular flexibility index (Phi) is 23.1. The quantitative estimate of drug-likeness (QED) is 0.0926. The molecule has 0 rings (SSSR count). The highest BCUT2D eigenvalue weighted by Gasteiger charge is 2.04. The maximum absolute atomic E-state index is 9.45. The van der Waals surface area contributed by atoms with E-state index in [1.807, 2.05) is 0 Å². The van der Waals surface area contributed by atoms with Crippen molar-refractivity contribution in [3.8, 4) is 0 Å². The number of allylic oxidation sites excluding steroid dienone is 1. The van der Waals surface area contributed by atoms with Gasteiger partial charge in [0, 0.05) is 0 Å². The Morgan fingerprint density at radius 1 is 0.733 bits per heavy atom. The summed E-state index contributed by atoms with van der Waals surface area (Å²) in [7, 11) is 0.107. The normalized spacial score (nSPS) is 12.2. The molecule has 0 bridgehead atoms. The zero-order valence-corrected chi connectivity index (χ0v) is 21.5. The first-order valence-electron chi connectivity index (χ1n) is 12.3. The Balaban J connectivity index is 0. The van der Waals surface area contributed by atoms with Crippen molar-refractivity contribution in [3.63, 3.8) is 0 Å². The molecule has 0 radical (unpaired) electrons. The molecule has 0 saturated carbocycles. The molecule has 0 aromatic carbocycles. The van der Waals surface area contributed by atoms with Crippen molar-refractivity contribution in [1.29, 1.82) is 0 Å². The van der Waals surface area contributed by atoms with Crippen LogP contribution in [0.3, 0.4) is 0 Å². The molecule has 0 saturated heterocycles. The molecule has 0 fully saturated rings. The third-order valence-electron chi connectivity index (χ3n) is 5.31. The summed E-state index contributed by atoms with van der Waals surface area (Å²) in [5.41, 5.74) is 0. The van der Waals surface area contributed by atoms with Crippen LogP contribution in [0.25, 0.3) is 0 Å². The summed E-state index contributed by atoms with van der Waals surface area (Å²) in [6.07, 6.45) is 26.2. The molecule has 0 amide bonds. The summed E-state index contributed by atoms with van der Waals surface area (Å²) in [5.74, 6) is 0. The van der Waals surface area contributed by atoms with Crippen LogP contribution in [0.15, 0.2) is 12.3 Å². The second-order valence-corrected chi connectivity index (χ2v) is 9.73. The van der Waals surface area contributed by atoms with Gasteiger partial charge in [-0.3, -0.25) is 4.18 Å². The molecular formula is C24H51NO4S. The fourth-order valence-electron chi connectivity index (χ4n) is 3.07. The summed E-state index contributed by atoms with van der Waals surface area (Å²) in [4.78, 5) is 0. The average Bonchev–Trinajstić information content (AvgIpc) is 2.67. The van der Waals surface area contributed by atoms with E-state index in [1.165, 1.54) is 110 Å². The van der Waals surface area contributed by atoms with E-state index in [0.29, 0.717) is 0 Å². The maximum Gasteiger partial charge on any atom is 0.217 e. The first kappa shape index (κ1) is 31.8. The molecule has 0 atom stereocenters. The van der Waals surface area contributed by atoms with Crippen LogP contribution < -0.4 is 0 Å². The highest BCUT2D eigenvalue weighted by molar-refractivity contribution is 7.80. The monoisotopic (exact) mass is 449 g/mol. The van der Waals surface area contributed by atoms with Crippen LogP contribution in [0.5, 0.6) is 0 Å². The highest BCUT2D eigenvalue weighted by atomic mass is 32.3. The van der Waals surface area contributed by atoms with E-state index in [2.05, 4.69) is 44.4 Å². The van der Waals surface area contributed by atoms with Crippen LogP contribution in [0.4, 0.5) is 0 Å². The lowest BCUT2D eigenvalue weighted by Gasteiger charge is -2.22. The van der Waals surface area contributed by atoms with Gasteiger partial charge in [0.25, 0.3) is 0 Å². The van der Waals surface area contributed by atoms with Crippen LogP contribution in [0, 0.1) is 0 Å². The molecule has 6 heteroatoms. The van der Waals surface area contributed by atoms with Crippen LogP contribution in [-0.2, 0) is 14.6 Å². The molecule has 0 aliphatic rings. The van der Waals surface area contributed by atoms with Gasteiger partial charge in [0.2, 0.25) is 10.4 Å². The molecule has 30 heavy (non-hydrogen) atoms. The predicted octanol–water partition coefficient (Wildman–Crippen LogP) is 6.95. The topological polar surface area (TPSA) is 66.4 Å². The highest BCUT2D eigenvalue weighted by Crippen LogP contribution is 2.13. The van der Waals surface area contributed by atoms with Crippen LogP contribution in [0.2, 0.25) is 0 Å². The summed E-state index contributed by atoms with van der Waals surface area (Å²) in [5, 5.41) is 0. The van der Waals surface area contributed by atoms with E-state index in [0.717, 1.165) is 4.48 Å². The predicted molar refractivity (Wildman–Crippen MR) is 128 cm³/mol. The van der Waals surface area contributed by atoms with E-state index >= 15 is 0 Å². The molecule has 0 unspecified atom stereocenters. The van der Waals surface area contributed by atoms with E-state index in [-0.39, 0.29) is 6.61 Å². The standard InChI is InChI=1S/C22H46N.C2H6O4S/c1-5-7-8-9-10-11-12-13-14-15-16-17-18-19-20-21-22-23(3,4)6-2;1-2-6-7(3,4)5/h21-22H,5-20H2,1-4H3;2H2,1H3,(H,3,4,5)/q+1;/p-1. The van der Waals surface area contributed by atoms with Crippen molar-refractivity contribution in [3.05, 3.63) is 12.3 Å². The van der Waals surface area contributed by atoms with Crippen molar-refractivity contribution in [2.75, 3.05) is 27.2 Å². The lowest BCUT2D eigenvalue weighted by Crippen LogP contribution is -2.32. The molecule has 0 heterocycles. The largest absolute Gasteiger partial charge is 0.726 e. The molecule has 0 aliphatic heterocycles. The Labute approximate surface area is 188 Å². The zero-order valence-electron chi connectivity index (χ0n) is 20.7. The fourth-order valence-corrected chi connectivity index (χ4v) is 3.36. The van der Waals surface area contributed by atoms with Gasteiger partial charge in [-0.1, -0.05) is 90.4 Å². The zero-order chi connectivity index (χ0) is 23.1. The Morgan fingerprint density at radius 3 is 1.43 bits per heavy atom. The average molecular weight is 450 g/mol. The van der Waals surface area contributed by atoms with Gasteiger partial charge in [-0.25, -0.2) is 8.42 Å². The van der Waals surface area contributed by atoms with E-state index in [9.17, 15) is 13.0 Å². The molecule has 0 aromatic heterocycles. The number of rotatable bonds is 19. The van der Waals surface area contributed by atoms with E-state index in [4.69, 9.17) is 0 Å². The molecule has 0 N–H and O–H groups in total. The lowest BCUT2D eigenvalue weighted by molar-refractivity contribution is -0.836. The molecule has 5 nitrogen and oxygen atoms in total. The van der Waals surface area contributed by atoms with Gasteiger partial charge in [0.05, 0.1) is 33.4 Å². The first-order valence-corrected chi connectivity index (χ1v) is 13.6. The van der Waals surface area contributed by atoms with Crippen LogP contribution >= 0.6 is 0 Å². The molecule has 0 spiro atoms. The third kappa shape index (κ3) is 29.8. The molecule has 182 valence electrons. The van der Waals surface area contributed by atoms with Gasteiger partial charge in [0.15, 0.2) is 0 Å². The second-order valence-electron chi connectivity index (χ2n) is 8.68. The van der Waals surface area contributed by atoms with Crippen molar-refractivity contribution < 1.29 is 21.6 Å². The third-order valence-corrected chi connectivity index (χ3v) is 5.83. The van der Waals surface area contributed by atoms with Gasteiger partial charge in [-0.2, -0.15) is 0 Å². The van der Waals surface area contributed by atoms with E-state index < -0.39 is 10.4 Å². The number of unbranched alkanes of at least 4 members (excludes halogenated alkanes) is 14. The minimum absolute atomic E-state index is 0.0914. The number of hydrogen-bond donors (Lipinski definition) is 0. The van der Waals surface area contributed by atoms with Crippen molar-refractivity contribution in [2.45, 2.75) is 117 Å². The number of nitrogens with zero attached hydrogens (tertiary/aromatic N) is 1. The summed E-state index contributed by atoms with van der Waals surface area (Å²) < 4.78 is 33.0. The Bertz CT molecular complexity index is 476. The minimum Gasteiger partial charge on any atom is -0.726 e. The van der Waals surface area contributed by atoms with Gasteiger partial charge in [-0.05, 0) is 32.8 Å². The SMILES string of the molecule is CCCCCCCCCCCCCCCCC=C[N+](C)(C)CC.CCOS(=O)(=O)[O-]. The lowest BCUT2D eigenvalue weighted by atomic mass is 10.0. The summed E-state index contributed by atoms with van der Waals surface area (Å²) in [6, 6.07) is 0.